The van der Waals surface area contributed by atoms with Gasteiger partial charge in [0.05, 0.1) is 0 Å². The van der Waals surface area contributed by atoms with Crippen molar-refractivity contribution in [2.24, 2.45) is 10.2 Å². The van der Waals surface area contributed by atoms with Gasteiger partial charge in [0.25, 0.3) is 0 Å². The van der Waals surface area contributed by atoms with Crippen molar-refractivity contribution in [2.45, 2.75) is 19.3 Å². The Bertz CT molecular complexity index is 679. The highest BCUT2D eigenvalue weighted by atomic mass is 15.1. The lowest BCUT2D eigenvalue weighted by molar-refractivity contribution is 0.917. The summed E-state index contributed by atoms with van der Waals surface area (Å²) in [5.74, 6) is 0. The van der Waals surface area contributed by atoms with Crippen molar-refractivity contribution in [1.82, 2.24) is 0 Å². The van der Waals surface area contributed by atoms with E-state index >= 15 is 0 Å². The molecule has 2 aromatic carbocycles. The molecule has 0 spiro atoms. The minimum absolute atomic E-state index is 0.464. The molecule has 0 N–H and O–H groups in total. The van der Waals surface area contributed by atoms with Crippen molar-refractivity contribution in [3.8, 4) is 0 Å². The highest BCUT2D eigenvalue weighted by Crippen LogP contribution is 2.19. The normalized spacial score (nSPS) is 9.74. The van der Waals surface area contributed by atoms with E-state index in [1.165, 1.54) is 22.3 Å². The van der Waals surface area contributed by atoms with E-state index in [4.69, 9.17) is 11.1 Å². The van der Waals surface area contributed by atoms with E-state index < -0.39 is 0 Å². The summed E-state index contributed by atoms with van der Waals surface area (Å²) in [6.45, 7) is 0.929. The Balaban J connectivity index is 2.18. The van der Waals surface area contributed by atoms with Crippen LogP contribution in [0.3, 0.4) is 0 Å². The van der Waals surface area contributed by atoms with Gasteiger partial charge >= 0.3 is 0 Å². The first-order chi connectivity index (χ1) is 11.3. The molecule has 0 fully saturated rings. The van der Waals surface area contributed by atoms with Gasteiger partial charge in [-0.2, -0.15) is 0 Å². The van der Waals surface area contributed by atoms with Gasteiger partial charge in [-0.05, 0) is 52.6 Å². The second-order valence-corrected chi connectivity index (χ2v) is 5.12. The summed E-state index contributed by atoms with van der Waals surface area (Å²) in [6.07, 6.45) is 2.29. The molecule has 0 saturated carbocycles. The van der Waals surface area contributed by atoms with Crippen LogP contribution in [-0.2, 0) is 19.3 Å². The maximum atomic E-state index is 8.41. The number of azide groups is 2. The van der Waals surface area contributed by atoms with Gasteiger partial charge in [0.15, 0.2) is 0 Å². The Labute approximate surface area is 135 Å². The van der Waals surface area contributed by atoms with Gasteiger partial charge in [-0.15, -0.1) is 0 Å². The van der Waals surface area contributed by atoms with Gasteiger partial charge < -0.3 is 0 Å². The minimum atomic E-state index is 0.464. The number of nitrogens with zero attached hydrogens (tertiary/aromatic N) is 6. The Hall–Kier alpha value is -2.94. The fourth-order valence-corrected chi connectivity index (χ4v) is 2.58. The Morgan fingerprint density at radius 2 is 1.04 bits per heavy atom. The van der Waals surface area contributed by atoms with Gasteiger partial charge in [0.1, 0.15) is 0 Å². The van der Waals surface area contributed by atoms with Crippen LogP contribution in [-0.4, -0.2) is 13.1 Å². The summed E-state index contributed by atoms with van der Waals surface area (Å²) in [4.78, 5) is 5.61. The van der Waals surface area contributed by atoms with Crippen LogP contribution < -0.4 is 0 Å². The molecular formula is C17H18N6. The van der Waals surface area contributed by atoms with Crippen LogP contribution in [0.5, 0.6) is 0 Å². The zero-order chi connectivity index (χ0) is 16.3. The van der Waals surface area contributed by atoms with Crippen LogP contribution in [0.15, 0.2) is 58.8 Å². The van der Waals surface area contributed by atoms with E-state index in [0.29, 0.717) is 13.1 Å². The minimum Gasteiger partial charge on any atom is -0.0936 e. The molecule has 0 radical (unpaired) electrons. The third-order valence-electron chi connectivity index (χ3n) is 3.71. The van der Waals surface area contributed by atoms with E-state index in [1.807, 2.05) is 24.3 Å². The molecule has 0 unspecified atom stereocenters. The molecular weight excluding hydrogens is 288 g/mol. The highest BCUT2D eigenvalue weighted by molar-refractivity contribution is 5.37. The molecule has 23 heavy (non-hydrogen) atoms. The van der Waals surface area contributed by atoms with E-state index in [-0.39, 0.29) is 0 Å². The first kappa shape index (κ1) is 16.4. The average Bonchev–Trinajstić information content (AvgIpc) is 2.58. The lowest BCUT2D eigenvalue weighted by Gasteiger charge is -2.12. The summed E-state index contributed by atoms with van der Waals surface area (Å²) in [6, 6.07) is 16.4. The molecule has 6 heteroatoms. The molecule has 0 bridgehead atoms. The third kappa shape index (κ3) is 5.08. The molecule has 116 valence electrons. The molecule has 2 aromatic rings. The van der Waals surface area contributed by atoms with Crippen molar-refractivity contribution in [1.29, 1.82) is 0 Å². The van der Waals surface area contributed by atoms with Gasteiger partial charge in [0, 0.05) is 22.9 Å². The highest BCUT2D eigenvalue weighted by Gasteiger charge is 2.06. The predicted molar refractivity (Wildman–Crippen MR) is 91.1 cm³/mol. The Morgan fingerprint density at radius 1 is 0.652 bits per heavy atom. The second-order valence-electron chi connectivity index (χ2n) is 5.12. The maximum absolute atomic E-state index is 8.41. The van der Waals surface area contributed by atoms with Crippen molar-refractivity contribution >= 4 is 0 Å². The molecule has 2 rings (SSSR count). The van der Waals surface area contributed by atoms with Crippen LogP contribution >= 0.6 is 0 Å². The van der Waals surface area contributed by atoms with E-state index in [9.17, 15) is 0 Å². The van der Waals surface area contributed by atoms with E-state index in [0.717, 1.165) is 19.3 Å². The second kappa shape index (κ2) is 9.15. The molecule has 0 aliphatic carbocycles. The lowest BCUT2D eigenvalue weighted by Crippen LogP contribution is -2.01. The molecule has 0 amide bonds. The van der Waals surface area contributed by atoms with Gasteiger partial charge in [0.2, 0.25) is 0 Å². The fourth-order valence-electron chi connectivity index (χ4n) is 2.58. The monoisotopic (exact) mass is 306 g/mol. The zero-order valence-electron chi connectivity index (χ0n) is 12.8. The first-order valence-corrected chi connectivity index (χ1v) is 7.50. The number of hydrogen-bond acceptors (Lipinski definition) is 2. The predicted octanol–water partition coefficient (Wildman–Crippen LogP) is 4.98. The molecule has 0 aliphatic rings. The Morgan fingerprint density at radius 3 is 1.43 bits per heavy atom. The smallest absolute Gasteiger partial charge is 0.0298 e. The largest absolute Gasteiger partial charge is 0.0936 e. The summed E-state index contributed by atoms with van der Waals surface area (Å²) in [7, 11) is 0. The lowest BCUT2D eigenvalue weighted by atomic mass is 9.94. The fraction of sp³-hybridized carbons (Fsp3) is 0.294. The summed E-state index contributed by atoms with van der Waals surface area (Å²) in [5, 5.41) is 7.23. The van der Waals surface area contributed by atoms with Crippen molar-refractivity contribution < 1.29 is 0 Å². The van der Waals surface area contributed by atoms with Crippen LogP contribution in [0.2, 0.25) is 0 Å². The van der Waals surface area contributed by atoms with Crippen molar-refractivity contribution in [2.75, 3.05) is 13.1 Å². The van der Waals surface area contributed by atoms with E-state index in [2.05, 4.69) is 44.3 Å². The van der Waals surface area contributed by atoms with Crippen LogP contribution in [0, 0.1) is 0 Å². The number of benzene rings is 2. The van der Waals surface area contributed by atoms with Gasteiger partial charge in [-0.3, -0.25) is 0 Å². The van der Waals surface area contributed by atoms with Gasteiger partial charge in [-0.1, -0.05) is 58.8 Å². The molecule has 0 aliphatic heterocycles. The molecule has 6 nitrogen and oxygen atoms in total. The van der Waals surface area contributed by atoms with Gasteiger partial charge in [-0.25, -0.2) is 0 Å². The standard InChI is InChI=1S/C17H18N6/c18-22-20-11-9-14-5-1-3-7-16(14)13-17-8-4-2-6-15(17)10-12-21-23-19/h1-8H,9-13H2. The van der Waals surface area contributed by atoms with E-state index in [1.54, 1.807) is 0 Å². The summed E-state index contributed by atoms with van der Waals surface area (Å²) < 4.78 is 0. The van der Waals surface area contributed by atoms with Crippen LogP contribution in [0.25, 0.3) is 20.9 Å². The zero-order valence-corrected chi connectivity index (χ0v) is 12.8. The molecule has 0 heterocycles. The van der Waals surface area contributed by atoms with Crippen molar-refractivity contribution in [3.05, 3.63) is 91.7 Å². The Kier molecular flexibility index (Phi) is 6.54. The SMILES string of the molecule is [N-]=[N+]=NCCc1ccccc1Cc1ccccc1CCN=[N+]=[N-]. The quantitative estimate of drug-likeness (QED) is 0.373. The van der Waals surface area contributed by atoms with Crippen LogP contribution in [0.4, 0.5) is 0 Å². The maximum Gasteiger partial charge on any atom is 0.0298 e. The first-order valence-electron chi connectivity index (χ1n) is 7.50. The summed E-state index contributed by atoms with van der Waals surface area (Å²) in [5.41, 5.74) is 21.7. The molecule has 0 aromatic heterocycles. The molecule has 0 atom stereocenters. The summed E-state index contributed by atoms with van der Waals surface area (Å²) >= 11 is 0. The topological polar surface area (TPSA) is 97.5 Å². The average molecular weight is 306 g/mol. The molecule has 0 saturated heterocycles. The number of hydrogen-bond donors (Lipinski definition) is 0. The number of rotatable bonds is 8. The third-order valence-corrected chi connectivity index (χ3v) is 3.71. The van der Waals surface area contributed by atoms with Crippen molar-refractivity contribution in [3.63, 3.8) is 0 Å². The van der Waals surface area contributed by atoms with Crippen LogP contribution in [0.1, 0.15) is 22.3 Å².